The van der Waals surface area contributed by atoms with Gasteiger partial charge in [0, 0.05) is 36.0 Å². The molecule has 0 spiro atoms. The molecule has 4 N–H and O–H groups in total. The predicted molar refractivity (Wildman–Crippen MR) is 164 cm³/mol. The van der Waals surface area contributed by atoms with Crippen molar-refractivity contribution in [2.75, 3.05) is 7.05 Å². The van der Waals surface area contributed by atoms with Crippen LogP contribution in [-0.4, -0.2) is 99.4 Å². The number of nitrogens with zero attached hydrogens (tertiary/aromatic N) is 7. The van der Waals surface area contributed by atoms with Gasteiger partial charge in [-0.25, -0.2) is 19.6 Å². The van der Waals surface area contributed by atoms with E-state index in [-0.39, 0.29) is 18.3 Å². The molecule has 246 valence electrons. The van der Waals surface area contributed by atoms with Crippen LogP contribution in [0.2, 0.25) is 0 Å². The zero-order valence-corrected chi connectivity index (χ0v) is 25.5. The number of aliphatic hydroxyl groups excluding tert-OH is 3. The van der Waals surface area contributed by atoms with Crippen molar-refractivity contribution in [1.82, 2.24) is 29.2 Å². The van der Waals surface area contributed by atoms with Crippen LogP contribution in [0.1, 0.15) is 43.7 Å². The third-order valence-electron chi connectivity index (χ3n) is 8.91. The maximum atomic E-state index is 13.7. The van der Waals surface area contributed by atoms with Gasteiger partial charge in [-0.2, -0.15) is 10.4 Å². The van der Waals surface area contributed by atoms with E-state index in [2.05, 4.69) is 21.1 Å². The molecule has 15 nitrogen and oxygen atoms in total. The summed E-state index contributed by atoms with van der Waals surface area (Å²) in [4.78, 5) is 35.5. The van der Waals surface area contributed by atoms with E-state index in [1.807, 2.05) is 10.9 Å². The number of amides is 1. The summed E-state index contributed by atoms with van der Waals surface area (Å²) in [5.74, 6) is -0.947. The summed E-state index contributed by atoms with van der Waals surface area (Å²) in [5, 5.41) is 54.6. The van der Waals surface area contributed by atoms with Gasteiger partial charge in [-0.15, -0.1) is 0 Å². The Labute approximate surface area is 269 Å². The summed E-state index contributed by atoms with van der Waals surface area (Å²) in [5.41, 5.74) is 2.24. The van der Waals surface area contributed by atoms with Crippen molar-refractivity contribution in [2.24, 2.45) is 5.92 Å². The minimum atomic E-state index is -1.85. The van der Waals surface area contributed by atoms with Crippen molar-refractivity contribution < 1.29 is 39.5 Å². The molecule has 2 fully saturated rings. The predicted octanol–water partition coefficient (Wildman–Crippen LogP) is 2.31. The molecule has 1 amide bonds. The van der Waals surface area contributed by atoms with E-state index in [4.69, 9.17) is 9.47 Å². The number of benzene rings is 1. The highest BCUT2D eigenvalue weighted by molar-refractivity contribution is 5.96. The van der Waals surface area contributed by atoms with Crippen LogP contribution in [0, 0.1) is 17.2 Å². The molecule has 1 saturated carbocycles. The highest BCUT2D eigenvalue weighted by Crippen LogP contribution is 2.37. The molecule has 0 bridgehead atoms. The Kier molecular flexibility index (Phi) is 9.19. The van der Waals surface area contributed by atoms with Crippen LogP contribution in [-0.2, 0) is 16.1 Å². The highest BCUT2D eigenvalue weighted by Gasteiger charge is 2.48. The van der Waals surface area contributed by atoms with E-state index < -0.39 is 42.7 Å². The third-order valence-corrected chi connectivity index (χ3v) is 8.91. The van der Waals surface area contributed by atoms with E-state index in [0.717, 1.165) is 31.2 Å². The molecular weight excluding hydrogens is 610 g/mol. The lowest BCUT2D eigenvalue weighted by atomic mass is 9.96. The van der Waals surface area contributed by atoms with E-state index >= 15 is 0 Å². The first-order valence-corrected chi connectivity index (χ1v) is 15.3. The Morgan fingerprint density at radius 1 is 1.13 bits per heavy atom. The molecule has 0 radical (unpaired) electrons. The van der Waals surface area contributed by atoms with Gasteiger partial charge >= 0.3 is 12.0 Å². The van der Waals surface area contributed by atoms with Gasteiger partial charge in [-0.1, -0.05) is 31.0 Å². The van der Waals surface area contributed by atoms with Crippen molar-refractivity contribution in [3.8, 4) is 23.1 Å². The summed E-state index contributed by atoms with van der Waals surface area (Å²) in [7, 11) is 1.59. The molecule has 6 rings (SSSR count). The van der Waals surface area contributed by atoms with Crippen LogP contribution < -0.4 is 4.74 Å². The summed E-state index contributed by atoms with van der Waals surface area (Å²) in [6, 6.07) is 10.2. The minimum Gasteiger partial charge on any atom is -0.479 e. The van der Waals surface area contributed by atoms with Gasteiger partial charge in [0.1, 0.15) is 30.4 Å². The smallest absolute Gasteiger partial charge is 0.335 e. The maximum Gasteiger partial charge on any atom is 0.335 e. The number of carboxylic acids is 1. The number of carbonyl (C=O) groups excluding carboxylic acids is 1. The molecule has 2 aliphatic rings. The molecule has 1 aliphatic carbocycles. The molecule has 6 atom stereocenters. The first-order valence-electron chi connectivity index (χ1n) is 15.3. The fourth-order valence-corrected chi connectivity index (χ4v) is 6.42. The number of nitriles is 1. The number of aromatic nitrogens is 5. The number of carbonyl (C=O) groups is 2. The average Bonchev–Trinajstić information content (AvgIpc) is 3.86. The number of carboxylic acid groups (broad SMARTS) is 1. The molecular formula is C32H35N7O8. The van der Waals surface area contributed by atoms with Crippen LogP contribution in [0.25, 0.3) is 22.3 Å². The highest BCUT2D eigenvalue weighted by atomic mass is 16.7. The lowest BCUT2D eigenvalue weighted by molar-refractivity contribution is -0.271. The quantitative estimate of drug-likeness (QED) is 0.207. The molecule has 15 heteroatoms. The number of aliphatic hydroxyl groups is 3. The average molecular weight is 646 g/mol. The van der Waals surface area contributed by atoms with Crippen molar-refractivity contribution >= 4 is 23.0 Å². The number of aliphatic carboxylic acids is 1. The molecule has 1 unspecified atom stereocenters. The number of para-hydroxylation sites is 1. The van der Waals surface area contributed by atoms with Crippen LogP contribution >= 0.6 is 0 Å². The Balaban J connectivity index is 1.20. The number of fused-ring (bicyclic) bond motifs is 1. The monoisotopic (exact) mass is 645 g/mol. The normalized spacial score (nSPS) is 23.8. The first kappa shape index (κ1) is 32.1. The SMILES string of the molecule is CN(Cc1ccccc1O[C@@H]1O[C@H](C(=O)O)[C@@H](O)[C@H](O)[C@H]1O)C(=O)n1ccc2c(-c3cnn(C(CC#N)C4CCCC4)c3)ncnc21. The summed E-state index contributed by atoms with van der Waals surface area (Å²) in [6.07, 6.45) is 2.62. The summed E-state index contributed by atoms with van der Waals surface area (Å²) >= 11 is 0. The molecule has 1 aliphatic heterocycles. The van der Waals surface area contributed by atoms with Crippen LogP contribution in [0.15, 0.2) is 55.2 Å². The number of rotatable bonds is 9. The topological polar surface area (TPSA) is 209 Å². The Bertz CT molecular complexity index is 1800. The molecule has 4 aromatic rings. The van der Waals surface area contributed by atoms with Gasteiger partial charge in [-0.3, -0.25) is 9.25 Å². The number of ether oxygens (including phenoxy) is 2. The van der Waals surface area contributed by atoms with Gasteiger partial charge in [0.2, 0.25) is 6.29 Å². The molecule has 1 aromatic carbocycles. The number of hydrogen-bond acceptors (Lipinski definition) is 11. The first-order chi connectivity index (χ1) is 22.7. The van der Waals surface area contributed by atoms with Crippen LogP contribution in [0.5, 0.6) is 5.75 Å². The number of hydrogen-bond donors (Lipinski definition) is 4. The maximum absolute atomic E-state index is 13.7. The molecule has 4 heterocycles. The van der Waals surface area contributed by atoms with Crippen molar-refractivity contribution in [2.45, 2.75) is 75.4 Å². The largest absolute Gasteiger partial charge is 0.479 e. The van der Waals surface area contributed by atoms with Crippen molar-refractivity contribution in [3.05, 3.63) is 60.8 Å². The molecule has 1 saturated heterocycles. The summed E-state index contributed by atoms with van der Waals surface area (Å²) in [6.45, 7) is 0.0389. The van der Waals surface area contributed by atoms with E-state index in [9.17, 15) is 35.3 Å². The Morgan fingerprint density at radius 2 is 1.89 bits per heavy atom. The third kappa shape index (κ3) is 6.28. The minimum absolute atomic E-state index is 0.0107. The summed E-state index contributed by atoms with van der Waals surface area (Å²) < 4.78 is 14.3. The standard InChI is InChI=1S/C32H35N7O8/c1-37(15-19-8-4-5-9-23(19)46-31-27(42)25(40)26(41)28(47-31)30(43)44)32(45)38-13-11-21-24(34-17-35-29(21)38)20-14-36-39(16-20)22(10-12-33)18-6-2-3-7-18/h4-5,8-9,11,13-14,16-18,22,25-28,31,40-42H,2-3,6-7,10,15H2,1H3,(H,43,44)/t22?,25-,26-,27+,28-,31+/m0/s1. The lowest BCUT2D eigenvalue weighted by Crippen LogP contribution is -2.61. The molecule has 3 aromatic heterocycles. The van der Waals surface area contributed by atoms with E-state index in [1.54, 1.807) is 49.8 Å². The van der Waals surface area contributed by atoms with Crippen molar-refractivity contribution in [1.29, 1.82) is 5.26 Å². The fraction of sp³-hybridized carbons (Fsp3) is 0.438. The lowest BCUT2D eigenvalue weighted by Gasteiger charge is -2.38. The van der Waals surface area contributed by atoms with Crippen molar-refractivity contribution in [3.63, 3.8) is 0 Å². The van der Waals surface area contributed by atoms with Gasteiger partial charge in [0.15, 0.2) is 11.8 Å². The molecule has 47 heavy (non-hydrogen) atoms. The van der Waals surface area contributed by atoms with Gasteiger partial charge < -0.3 is 34.8 Å². The Morgan fingerprint density at radius 3 is 2.64 bits per heavy atom. The van der Waals surface area contributed by atoms with Gasteiger partial charge in [0.05, 0.1) is 37.0 Å². The fourth-order valence-electron chi connectivity index (χ4n) is 6.42. The second-order valence-electron chi connectivity index (χ2n) is 11.9. The van der Waals surface area contributed by atoms with Gasteiger partial charge in [-0.05, 0) is 30.9 Å². The zero-order chi connectivity index (χ0) is 33.2. The van der Waals surface area contributed by atoms with E-state index in [0.29, 0.717) is 34.6 Å². The van der Waals surface area contributed by atoms with E-state index in [1.165, 1.54) is 15.8 Å². The van der Waals surface area contributed by atoms with Crippen LogP contribution in [0.4, 0.5) is 4.79 Å². The van der Waals surface area contributed by atoms with Crippen LogP contribution in [0.3, 0.4) is 0 Å². The Hall–Kier alpha value is -4.88. The zero-order valence-electron chi connectivity index (χ0n) is 25.5. The second kappa shape index (κ2) is 13.5. The second-order valence-corrected chi connectivity index (χ2v) is 11.9. The van der Waals surface area contributed by atoms with Gasteiger partial charge in [0.25, 0.3) is 0 Å².